The molecule has 6 aromatic rings. The van der Waals surface area contributed by atoms with E-state index < -0.39 is 0 Å². The van der Waals surface area contributed by atoms with E-state index in [0.29, 0.717) is 74.3 Å². The molecular formula is C61H74ClN11O6. The number of likely N-dealkylation sites (tertiary alicyclic amines) is 3. The Labute approximate surface area is 468 Å². The van der Waals surface area contributed by atoms with Crippen LogP contribution in [-0.2, 0) is 29.0 Å². The molecule has 0 bridgehead atoms. The number of carbonyl (C=O) groups excluding carboxylic acids is 2. The molecule has 4 saturated heterocycles. The Kier molecular flexibility index (Phi) is 16.3. The summed E-state index contributed by atoms with van der Waals surface area (Å²) in [6.45, 7) is 19.3. The molecule has 4 aromatic carbocycles. The van der Waals surface area contributed by atoms with E-state index in [1.807, 2.05) is 43.0 Å². The Morgan fingerprint density at radius 3 is 2.19 bits per heavy atom. The molecule has 0 radical (unpaired) electrons. The maximum absolute atomic E-state index is 13.9. The van der Waals surface area contributed by atoms with E-state index in [2.05, 4.69) is 77.7 Å². The first-order valence-electron chi connectivity index (χ1n) is 28.5. The number of phenolic OH excluding ortho intramolecular Hbond substituents is 2. The number of hydrogen-bond donors (Lipinski definition) is 3. The molecule has 4 fully saturated rings. The number of aromatic nitrogens is 5. The molecule has 0 aliphatic carbocycles. The van der Waals surface area contributed by atoms with Gasteiger partial charge < -0.3 is 44.6 Å². The molecule has 17 nitrogen and oxygen atoms in total. The highest BCUT2D eigenvalue weighted by Gasteiger charge is 2.34. The molecule has 0 spiro atoms. The minimum atomic E-state index is -0.297. The summed E-state index contributed by atoms with van der Waals surface area (Å²) in [6, 6.07) is 23.5. The van der Waals surface area contributed by atoms with E-state index in [1.165, 1.54) is 22.3 Å². The Morgan fingerprint density at radius 2 is 1.47 bits per heavy atom. The molecule has 7 heterocycles. The Balaban J connectivity index is 0.621. The van der Waals surface area contributed by atoms with Crippen LogP contribution in [0.1, 0.15) is 80.7 Å². The second kappa shape index (κ2) is 23.8. The predicted octanol–water partition coefficient (Wildman–Crippen LogP) is 8.45. The smallest absolute Gasteiger partial charge is 0.319 e. The number of phenols is 2. The van der Waals surface area contributed by atoms with Crippen LogP contribution in [0.4, 0.5) is 11.5 Å². The quantitative estimate of drug-likeness (QED) is 0.0659. The standard InChI is InChI=1S/C61H74ClN11O6/c1-4-55(76)69-29-31-70(32-30-69)57-47-21-28-72(52-10-6-8-44-7-5-9-50(62)56(44)52)39-51(47)63-60(64-57)79-34-33-67-24-19-45(20-25-67)59(77)71-26-17-43(18-27-71)38-68-22-15-42(16-23-68)35-41-11-13-46(14-12-41)73-58(65-66-61(73)78)49-37-53(74)48(40(2)3)36-54(49)75/h4-14,36-37,40,42-43,45,74-75H,1,15-35,38-39H2,2-3H3,(H,66,78). The lowest BCUT2D eigenvalue weighted by Gasteiger charge is -2.39. The fourth-order valence-electron chi connectivity index (χ4n) is 12.8. The molecular weight excluding hydrogens is 1020 g/mol. The zero-order valence-corrected chi connectivity index (χ0v) is 46.4. The van der Waals surface area contributed by atoms with Crippen molar-refractivity contribution in [3.05, 3.63) is 113 Å². The molecule has 11 rings (SSSR count). The highest BCUT2D eigenvalue weighted by atomic mass is 35.5. The molecule has 0 saturated carbocycles. The maximum atomic E-state index is 13.9. The van der Waals surface area contributed by atoms with Crippen molar-refractivity contribution in [2.75, 3.05) is 101 Å². The number of fused-ring (bicyclic) bond motifs is 2. The third kappa shape index (κ3) is 11.9. The van der Waals surface area contributed by atoms with Crippen molar-refractivity contribution in [1.82, 2.24) is 44.3 Å². The molecule has 416 valence electrons. The molecule has 79 heavy (non-hydrogen) atoms. The lowest BCUT2D eigenvalue weighted by molar-refractivity contribution is -0.138. The minimum absolute atomic E-state index is 0.0216. The number of piperazine rings is 1. The van der Waals surface area contributed by atoms with Gasteiger partial charge in [-0.05, 0) is 149 Å². The van der Waals surface area contributed by atoms with Crippen molar-refractivity contribution in [3.8, 4) is 40.6 Å². The minimum Gasteiger partial charge on any atom is -0.508 e. The first kappa shape index (κ1) is 54.0. The highest BCUT2D eigenvalue weighted by molar-refractivity contribution is 6.36. The average Bonchev–Trinajstić information content (AvgIpc) is 3.96. The van der Waals surface area contributed by atoms with E-state index in [-0.39, 0.29) is 46.6 Å². The number of carbonyl (C=O) groups is 2. The number of nitrogens with zero attached hydrogens (tertiary/aromatic N) is 11. The van der Waals surface area contributed by atoms with Gasteiger partial charge in [0.2, 0.25) is 11.8 Å². The largest absolute Gasteiger partial charge is 0.508 e. The van der Waals surface area contributed by atoms with Gasteiger partial charge in [-0.15, -0.1) is 5.10 Å². The molecule has 0 atom stereocenters. The second-order valence-electron chi connectivity index (χ2n) is 22.6. The summed E-state index contributed by atoms with van der Waals surface area (Å²) in [5.41, 5.74) is 5.97. The Morgan fingerprint density at radius 1 is 0.759 bits per heavy atom. The van der Waals surface area contributed by atoms with Gasteiger partial charge in [-0.25, -0.2) is 4.57 Å². The number of ether oxygens (including phenoxy) is 1. The lowest BCUT2D eigenvalue weighted by atomic mass is 9.88. The lowest BCUT2D eigenvalue weighted by Crippen LogP contribution is -2.49. The number of aromatic hydroxyl groups is 3. The van der Waals surface area contributed by atoms with Gasteiger partial charge in [0.15, 0.2) is 5.82 Å². The number of amides is 2. The van der Waals surface area contributed by atoms with Crippen LogP contribution in [0.2, 0.25) is 5.02 Å². The summed E-state index contributed by atoms with van der Waals surface area (Å²) >= 11 is 6.79. The molecule has 18 heteroatoms. The van der Waals surface area contributed by atoms with Crippen molar-refractivity contribution in [2.45, 2.75) is 77.7 Å². The topological polar surface area (TPSA) is 180 Å². The highest BCUT2D eigenvalue weighted by Crippen LogP contribution is 2.40. The van der Waals surface area contributed by atoms with Crippen molar-refractivity contribution >= 4 is 45.7 Å². The summed E-state index contributed by atoms with van der Waals surface area (Å²) in [5, 5.41) is 43.1. The van der Waals surface area contributed by atoms with Crippen LogP contribution in [0.5, 0.6) is 23.5 Å². The van der Waals surface area contributed by atoms with Gasteiger partial charge in [-0.3, -0.25) is 14.5 Å². The van der Waals surface area contributed by atoms with Crippen molar-refractivity contribution in [1.29, 1.82) is 0 Å². The molecule has 0 unspecified atom stereocenters. The molecule has 2 aromatic heterocycles. The van der Waals surface area contributed by atoms with Crippen LogP contribution in [0.25, 0.3) is 27.8 Å². The van der Waals surface area contributed by atoms with Gasteiger partial charge in [0.1, 0.15) is 23.9 Å². The number of benzene rings is 4. The first-order valence-corrected chi connectivity index (χ1v) is 28.9. The van der Waals surface area contributed by atoms with E-state index in [9.17, 15) is 24.9 Å². The summed E-state index contributed by atoms with van der Waals surface area (Å²) in [5.74, 6) is 2.69. The molecule has 5 aliphatic rings. The normalized spacial score (nSPS) is 18.4. The second-order valence-corrected chi connectivity index (χ2v) is 23.1. The number of rotatable bonds is 15. The third-order valence-corrected chi connectivity index (χ3v) is 17.7. The fraction of sp³-hybridized carbons (Fsp3) is 0.475. The Bertz CT molecular complexity index is 3150. The first-order chi connectivity index (χ1) is 38.4. The summed E-state index contributed by atoms with van der Waals surface area (Å²) in [6.07, 6.45) is 9.21. The van der Waals surface area contributed by atoms with E-state index in [0.717, 1.165) is 149 Å². The van der Waals surface area contributed by atoms with Crippen molar-refractivity contribution < 1.29 is 29.6 Å². The van der Waals surface area contributed by atoms with Crippen LogP contribution in [0.15, 0.2) is 85.5 Å². The zero-order valence-electron chi connectivity index (χ0n) is 45.6. The number of halogens is 1. The van der Waals surface area contributed by atoms with E-state index >= 15 is 0 Å². The van der Waals surface area contributed by atoms with Gasteiger partial charge in [-0.2, -0.15) is 9.97 Å². The van der Waals surface area contributed by atoms with Crippen LogP contribution >= 0.6 is 11.6 Å². The number of anilines is 2. The van der Waals surface area contributed by atoms with Gasteiger partial charge in [0, 0.05) is 87.0 Å². The third-order valence-electron chi connectivity index (χ3n) is 17.4. The fourth-order valence-corrected chi connectivity index (χ4v) is 13.0. The molecule has 5 aliphatic heterocycles. The van der Waals surface area contributed by atoms with Gasteiger partial charge in [-0.1, -0.05) is 73.5 Å². The summed E-state index contributed by atoms with van der Waals surface area (Å²) in [7, 11) is 0. The van der Waals surface area contributed by atoms with Crippen LogP contribution in [0.3, 0.4) is 0 Å². The predicted molar refractivity (Wildman–Crippen MR) is 307 cm³/mol. The van der Waals surface area contributed by atoms with Gasteiger partial charge in [0.05, 0.1) is 28.5 Å². The average molecular weight is 1090 g/mol. The molecule has 3 N–H and O–H groups in total. The zero-order chi connectivity index (χ0) is 54.7. The van der Waals surface area contributed by atoms with E-state index in [4.69, 9.17) is 26.3 Å². The van der Waals surface area contributed by atoms with Gasteiger partial charge in [0.25, 0.3) is 0 Å². The molecule has 2 amide bonds. The monoisotopic (exact) mass is 1090 g/mol. The van der Waals surface area contributed by atoms with E-state index in [1.54, 1.807) is 6.07 Å². The maximum Gasteiger partial charge on any atom is 0.319 e. The summed E-state index contributed by atoms with van der Waals surface area (Å²) < 4.78 is 7.89. The SMILES string of the molecule is C=CC(=O)N1CCN(c2nc(OCCN3CCC(C(=O)N4CCC(CN5CCC(Cc6ccc(-n7c(O)nnc7-c7cc(O)c(C(C)C)cc7O)cc6)CC5)CC4)CC3)nc3c2CCN(c2cccc4cccc(Cl)c24)C3)CC1. The van der Waals surface area contributed by atoms with Crippen molar-refractivity contribution in [3.63, 3.8) is 0 Å². The van der Waals surface area contributed by atoms with Crippen LogP contribution < -0.4 is 14.5 Å². The summed E-state index contributed by atoms with van der Waals surface area (Å²) in [4.78, 5) is 50.0. The van der Waals surface area contributed by atoms with Crippen molar-refractivity contribution in [2.24, 2.45) is 17.8 Å². The Hall–Kier alpha value is -6.95. The van der Waals surface area contributed by atoms with Gasteiger partial charge >= 0.3 is 12.0 Å². The number of hydrogen-bond acceptors (Lipinski definition) is 14. The van der Waals surface area contributed by atoms with Crippen LogP contribution in [0, 0.1) is 17.8 Å². The number of piperidine rings is 3. The van der Waals surface area contributed by atoms with Crippen LogP contribution in [-0.4, -0.2) is 163 Å².